The Hall–Kier alpha value is -3.09. The summed E-state index contributed by atoms with van der Waals surface area (Å²) in [6.07, 6.45) is -0.620. The Kier molecular flexibility index (Phi) is 7.00. The molecule has 2 unspecified atom stereocenters. The van der Waals surface area contributed by atoms with Crippen molar-refractivity contribution < 1.29 is 31.5 Å². The second-order valence-electron chi connectivity index (χ2n) is 8.06. The van der Waals surface area contributed by atoms with Gasteiger partial charge in [0.2, 0.25) is 17.6 Å². The number of alkyl halides is 2. The summed E-state index contributed by atoms with van der Waals surface area (Å²) in [6, 6.07) is -0.864. The number of fused-ring (bicyclic) bond motifs is 1. The fourth-order valence-electron chi connectivity index (χ4n) is 3.53. The number of halogens is 5. The number of rotatable bonds is 7. The van der Waals surface area contributed by atoms with Crippen LogP contribution in [0.5, 0.6) is 0 Å². The molecule has 180 valence electrons. The van der Waals surface area contributed by atoms with Gasteiger partial charge in [-0.1, -0.05) is 0 Å². The molecule has 1 aromatic carbocycles. The van der Waals surface area contributed by atoms with E-state index in [1.54, 1.807) is 0 Å². The number of hydrogen-bond donors (Lipinski definition) is 2. The summed E-state index contributed by atoms with van der Waals surface area (Å²) >= 11 is 0. The molecule has 3 N–H and O–H groups in total. The molecule has 1 aromatic heterocycles. The monoisotopic (exact) mass is 474 g/mol. The number of hydrogen-bond acceptors (Lipinski definition) is 5. The summed E-state index contributed by atoms with van der Waals surface area (Å²) in [5, 5.41) is 9.75. The maximum Gasteiger partial charge on any atom is 0.304 e. The molecule has 2 aromatic rings. The Balaban J connectivity index is 1.75. The Morgan fingerprint density at radius 2 is 1.82 bits per heavy atom. The normalized spacial score (nSPS) is 15.7. The molecule has 2 heterocycles. The quantitative estimate of drug-likeness (QED) is 0.469. The molecule has 2 amide bonds. The lowest BCUT2D eigenvalue weighted by molar-refractivity contribution is -0.133. The van der Waals surface area contributed by atoms with Gasteiger partial charge >= 0.3 is 5.92 Å². The number of nitrogens with zero attached hydrogens (tertiary/aromatic N) is 4. The molecule has 0 radical (unpaired) electrons. The third-order valence-electron chi connectivity index (χ3n) is 5.24. The molecule has 2 atom stereocenters. The van der Waals surface area contributed by atoms with Crippen LogP contribution in [0.15, 0.2) is 12.1 Å². The van der Waals surface area contributed by atoms with Crippen LogP contribution in [0.25, 0.3) is 0 Å². The van der Waals surface area contributed by atoms with Gasteiger partial charge in [-0.2, -0.15) is 8.78 Å². The summed E-state index contributed by atoms with van der Waals surface area (Å²) < 4.78 is 69.5. The first-order valence-corrected chi connectivity index (χ1v) is 10.1. The summed E-state index contributed by atoms with van der Waals surface area (Å²) in [5.74, 6) is -8.28. The standard InChI is InChI=1S/C20H23F5N6O2/c1-10(26)18(33)27-12(5-11-6-14(22)15(23)8-13(11)21)7-17(32)30-3-4-31-16(9-30)28-29-19(31)20(2,24)25/h6,8,10,12H,3-5,7,9,26H2,1-2H3,(H,27,33). The average molecular weight is 474 g/mol. The van der Waals surface area contributed by atoms with Gasteiger partial charge in [0.05, 0.1) is 12.6 Å². The van der Waals surface area contributed by atoms with Crippen molar-refractivity contribution in [2.75, 3.05) is 6.54 Å². The Labute approximate surface area is 185 Å². The molecule has 3 rings (SSSR count). The van der Waals surface area contributed by atoms with Crippen molar-refractivity contribution in [3.05, 3.63) is 46.8 Å². The van der Waals surface area contributed by atoms with Crippen molar-refractivity contribution in [1.82, 2.24) is 25.0 Å². The zero-order valence-corrected chi connectivity index (χ0v) is 17.9. The van der Waals surface area contributed by atoms with E-state index in [-0.39, 0.29) is 43.9 Å². The van der Waals surface area contributed by atoms with Crippen LogP contribution in [0, 0.1) is 17.5 Å². The molecule has 0 bridgehead atoms. The van der Waals surface area contributed by atoms with E-state index in [1.807, 2.05) is 0 Å². The van der Waals surface area contributed by atoms with E-state index < -0.39 is 53.1 Å². The smallest absolute Gasteiger partial charge is 0.304 e. The molecule has 0 fully saturated rings. The van der Waals surface area contributed by atoms with Gasteiger partial charge in [0.15, 0.2) is 17.5 Å². The van der Waals surface area contributed by atoms with Gasteiger partial charge < -0.3 is 20.5 Å². The van der Waals surface area contributed by atoms with E-state index in [4.69, 9.17) is 5.73 Å². The fourth-order valence-corrected chi connectivity index (χ4v) is 3.53. The lowest BCUT2D eigenvalue weighted by Crippen LogP contribution is -2.48. The summed E-state index contributed by atoms with van der Waals surface area (Å²) in [6.45, 7) is 2.15. The van der Waals surface area contributed by atoms with Gasteiger partial charge in [0.25, 0.3) is 0 Å². The first-order chi connectivity index (χ1) is 15.4. The predicted octanol–water partition coefficient (Wildman–Crippen LogP) is 1.61. The second-order valence-corrected chi connectivity index (χ2v) is 8.06. The highest BCUT2D eigenvalue weighted by atomic mass is 19.3. The Morgan fingerprint density at radius 3 is 2.45 bits per heavy atom. The van der Waals surface area contributed by atoms with E-state index in [1.165, 1.54) is 16.4 Å². The highest BCUT2D eigenvalue weighted by Gasteiger charge is 2.35. The molecule has 13 heteroatoms. The van der Waals surface area contributed by atoms with Crippen LogP contribution >= 0.6 is 0 Å². The number of nitrogens with one attached hydrogen (secondary N) is 1. The fraction of sp³-hybridized carbons (Fsp3) is 0.500. The predicted molar refractivity (Wildman–Crippen MR) is 105 cm³/mol. The van der Waals surface area contributed by atoms with Crippen molar-refractivity contribution in [2.24, 2.45) is 5.73 Å². The summed E-state index contributed by atoms with van der Waals surface area (Å²) in [5.41, 5.74) is 5.31. The van der Waals surface area contributed by atoms with Crippen LogP contribution in [0.2, 0.25) is 0 Å². The van der Waals surface area contributed by atoms with Crippen molar-refractivity contribution in [3.63, 3.8) is 0 Å². The number of carbonyl (C=O) groups excluding carboxylic acids is 2. The molecular formula is C20H23F5N6O2. The number of carbonyl (C=O) groups is 2. The zero-order chi connectivity index (χ0) is 24.5. The molecule has 0 aliphatic carbocycles. The van der Waals surface area contributed by atoms with Crippen molar-refractivity contribution >= 4 is 11.8 Å². The van der Waals surface area contributed by atoms with Crippen LogP contribution in [0.3, 0.4) is 0 Å². The average Bonchev–Trinajstić information content (AvgIpc) is 3.15. The van der Waals surface area contributed by atoms with E-state index in [9.17, 15) is 31.5 Å². The van der Waals surface area contributed by atoms with Crippen LogP contribution in [-0.4, -0.2) is 50.1 Å². The minimum atomic E-state index is -3.19. The molecule has 1 aliphatic heterocycles. The van der Waals surface area contributed by atoms with Crippen LogP contribution in [0.4, 0.5) is 22.0 Å². The van der Waals surface area contributed by atoms with E-state index >= 15 is 0 Å². The van der Waals surface area contributed by atoms with Crippen LogP contribution in [-0.2, 0) is 35.0 Å². The van der Waals surface area contributed by atoms with E-state index in [0.29, 0.717) is 19.1 Å². The van der Waals surface area contributed by atoms with E-state index in [2.05, 4.69) is 15.5 Å². The summed E-state index contributed by atoms with van der Waals surface area (Å²) in [7, 11) is 0. The van der Waals surface area contributed by atoms with Crippen molar-refractivity contribution in [3.8, 4) is 0 Å². The highest BCUT2D eigenvalue weighted by Crippen LogP contribution is 2.27. The zero-order valence-electron chi connectivity index (χ0n) is 17.9. The summed E-state index contributed by atoms with van der Waals surface area (Å²) in [4.78, 5) is 26.3. The molecule has 0 saturated carbocycles. The van der Waals surface area contributed by atoms with Crippen LogP contribution < -0.4 is 11.1 Å². The molecule has 0 spiro atoms. The molecule has 0 saturated heterocycles. The number of benzene rings is 1. The van der Waals surface area contributed by atoms with Gasteiger partial charge in [-0.3, -0.25) is 9.59 Å². The largest absolute Gasteiger partial charge is 0.351 e. The van der Waals surface area contributed by atoms with Crippen LogP contribution in [0.1, 0.15) is 37.5 Å². The number of amides is 2. The first kappa shape index (κ1) is 24.6. The van der Waals surface area contributed by atoms with Crippen molar-refractivity contribution in [1.29, 1.82) is 0 Å². The SMILES string of the molecule is CC(N)C(=O)NC(CC(=O)N1CCn2c(nnc2C(C)(F)F)C1)Cc1cc(F)c(F)cc1F. The lowest BCUT2D eigenvalue weighted by atomic mass is 10.0. The van der Waals surface area contributed by atoms with Gasteiger partial charge in [-0.15, -0.1) is 10.2 Å². The topological polar surface area (TPSA) is 106 Å². The highest BCUT2D eigenvalue weighted by molar-refractivity contribution is 5.83. The van der Waals surface area contributed by atoms with Crippen molar-refractivity contribution in [2.45, 2.75) is 57.8 Å². The minimum absolute atomic E-state index is 0.0432. The lowest BCUT2D eigenvalue weighted by Gasteiger charge is -2.30. The second kappa shape index (κ2) is 9.41. The molecule has 1 aliphatic rings. The Morgan fingerprint density at radius 1 is 1.15 bits per heavy atom. The van der Waals surface area contributed by atoms with E-state index in [0.717, 1.165) is 0 Å². The molecule has 33 heavy (non-hydrogen) atoms. The van der Waals surface area contributed by atoms with Gasteiger partial charge in [0, 0.05) is 38.5 Å². The first-order valence-electron chi connectivity index (χ1n) is 10.1. The van der Waals surface area contributed by atoms with Gasteiger partial charge in [-0.05, 0) is 25.0 Å². The van der Waals surface area contributed by atoms with Gasteiger partial charge in [0.1, 0.15) is 5.82 Å². The maximum absolute atomic E-state index is 14.1. The third kappa shape index (κ3) is 5.64. The molecular weight excluding hydrogens is 451 g/mol. The molecule has 8 nitrogen and oxygen atoms in total. The maximum atomic E-state index is 14.1. The minimum Gasteiger partial charge on any atom is -0.351 e. The van der Waals surface area contributed by atoms with Gasteiger partial charge in [-0.25, -0.2) is 13.2 Å². The number of aromatic nitrogens is 3. The Bertz CT molecular complexity index is 1050. The third-order valence-corrected chi connectivity index (χ3v) is 5.24. The number of nitrogens with two attached hydrogens (primary N) is 1.